The van der Waals surface area contributed by atoms with Crippen molar-refractivity contribution in [3.8, 4) is 28.4 Å². The van der Waals surface area contributed by atoms with E-state index in [0.717, 1.165) is 74.5 Å². The molecular weight excluding hydrogens is 490 g/mol. The van der Waals surface area contributed by atoms with E-state index in [4.69, 9.17) is 19.4 Å². The van der Waals surface area contributed by atoms with Gasteiger partial charge in [0.25, 0.3) is 0 Å². The van der Waals surface area contributed by atoms with Crippen LogP contribution in [-0.4, -0.2) is 46.2 Å². The lowest BCUT2D eigenvalue weighted by Crippen LogP contribution is -2.35. The van der Waals surface area contributed by atoms with Gasteiger partial charge in [0, 0.05) is 54.4 Å². The minimum Gasteiger partial charge on any atom is -0.486 e. The van der Waals surface area contributed by atoms with E-state index >= 15 is 0 Å². The highest BCUT2D eigenvalue weighted by atomic mass is 16.6. The number of carbonyl (C=O) groups is 1. The van der Waals surface area contributed by atoms with Crippen molar-refractivity contribution in [2.75, 3.05) is 19.8 Å². The number of ether oxygens (including phenoxy) is 2. The molecule has 0 radical (unpaired) electrons. The van der Waals surface area contributed by atoms with Crippen molar-refractivity contribution in [1.82, 2.24) is 25.2 Å². The average Bonchev–Trinajstić information content (AvgIpc) is 3.58. The van der Waals surface area contributed by atoms with Crippen molar-refractivity contribution >= 4 is 27.7 Å². The van der Waals surface area contributed by atoms with Crippen molar-refractivity contribution in [3.63, 3.8) is 0 Å². The van der Waals surface area contributed by atoms with Crippen LogP contribution in [0.5, 0.6) is 11.5 Å². The molecule has 0 unspecified atom stereocenters. The van der Waals surface area contributed by atoms with Crippen LogP contribution in [0, 0.1) is 6.92 Å². The lowest BCUT2D eigenvalue weighted by Gasteiger charge is -2.19. The first-order valence-corrected chi connectivity index (χ1v) is 13.4. The number of fused-ring (bicyclic) bond motifs is 3. The van der Waals surface area contributed by atoms with E-state index < -0.39 is 0 Å². The molecule has 0 spiro atoms. The summed E-state index contributed by atoms with van der Waals surface area (Å²) >= 11 is 0. The number of nitrogens with one attached hydrogen (secondary N) is 2. The Bertz CT molecular complexity index is 1730. The molecule has 7 rings (SSSR count). The summed E-state index contributed by atoms with van der Waals surface area (Å²) in [5.74, 6) is 2.52. The fourth-order valence-electron chi connectivity index (χ4n) is 5.60. The van der Waals surface area contributed by atoms with Gasteiger partial charge in [-0.25, -0.2) is 4.98 Å². The average molecular weight is 520 g/mol. The highest BCUT2D eigenvalue weighted by Crippen LogP contribution is 2.38. The summed E-state index contributed by atoms with van der Waals surface area (Å²) in [5.41, 5.74) is 6.16. The van der Waals surface area contributed by atoms with E-state index in [-0.39, 0.29) is 11.9 Å². The fraction of sp³-hybridized carbons (Fsp3) is 0.258. The lowest BCUT2D eigenvalue weighted by molar-refractivity contribution is -0.119. The topological polar surface area (TPSA) is 90.3 Å². The van der Waals surface area contributed by atoms with Crippen LogP contribution >= 0.6 is 0 Å². The van der Waals surface area contributed by atoms with Crippen molar-refractivity contribution < 1.29 is 14.3 Å². The summed E-state index contributed by atoms with van der Waals surface area (Å²) in [4.78, 5) is 21.2. The second-order valence-electron chi connectivity index (χ2n) is 10.2. The second-order valence-corrected chi connectivity index (χ2v) is 10.2. The molecular formula is C31H29N5O3. The standard InChI is InChI=1S/C31H29N5O3/c1-19-13-22-14-20(16-32-18-23-6-8-29(37)35-23)17-33-30(22)31(34-19)36-10-9-25-24(3-2-4-26(25)36)21-5-7-27-28(15-21)39-12-11-38-27/h2-5,7,9-10,13-15,17,23,32H,6,8,11-12,16,18H2,1H3,(H,35,37)/t23-/m0/s1. The predicted octanol–water partition coefficient (Wildman–Crippen LogP) is 4.69. The Kier molecular flexibility index (Phi) is 5.89. The summed E-state index contributed by atoms with van der Waals surface area (Å²) in [6, 6.07) is 19.0. The molecule has 3 aromatic heterocycles. The number of aryl methyl sites for hydroxylation is 1. The smallest absolute Gasteiger partial charge is 0.220 e. The van der Waals surface area contributed by atoms with Crippen LogP contribution in [0.3, 0.4) is 0 Å². The number of aromatic nitrogens is 3. The Morgan fingerprint density at radius 3 is 2.85 bits per heavy atom. The van der Waals surface area contributed by atoms with E-state index in [0.29, 0.717) is 26.2 Å². The van der Waals surface area contributed by atoms with Gasteiger partial charge < -0.3 is 20.1 Å². The molecule has 1 amide bonds. The van der Waals surface area contributed by atoms with Crippen LogP contribution in [0.4, 0.5) is 0 Å². The van der Waals surface area contributed by atoms with Crippen LogP contribution in [0.15, 0.2) is 67.0 Å². The first-order valence-electron chi connectivity index (χ1n) is 13.4. The van der Waals surface area contributed by atoms with E-state index in [1.807, 2.05) is 19.2 Å². The zero-order valence-corrected chi connectivity index (χ0v) is 21.7. The van der Waals surface area contributed by atoms with Gasteiger partial charge in [0.1, 0.15) is 18.7 Å². The van der Waals surface area contributed by atoms with Crippen molar-refractivity contribution in [2.45, 2.75) is 32.4 Å². The van der Waals surface area contributed by atoms with Crippen LogP contribution < -0.4 is 20.1 Å². The molecule has 0 saturated carbocycles. The monoisotopic (exact) mass is 519 g/mol. The maximum Gasteiger partial charge on any atom is 0.220 e. The fourth-order valence-corrected chi connectivity index (χ4v) is 5.60. The first-order chi connectivity index (χ1) is 19.1. The number of nitrogens with zero attached hydrogens (tertiary/aromatic N) is 3. The van der Waals surface area contributed by atoms with E-state index in [1.165, 1.54) is 0 Å². The summed E-state index contributed by atoms with van der Waals surface area (Å²) < 4.78 is 13.7. The zero-order chi connectivity index (χ0) is 26.3. The lowest BCUT2D eigenvalue weighted by atomic mass is 10.0. The summed E-state index contributed by atoms with van der Waals surface area (Å²) in [6.45, 7) is 4.60. The molecule has 39 heavy (non-hydrogen) atoms. The van der Waals surface area contributed by atoms with Crippen LogP contribution in [0.2, 0.25) is 0 Å². The van der Waals surface area contributed by atoms with E-state index in [2.05, 4.69) is 69.9 Å². The second kappa shape index (κ2) is 9.71. The molecule has 2 aliphatic heterocycles. The number of hydrogen-bond acceptors (Lipinski definition) is 6. The molecule has 0 aliphatic carbocycles. The quantitative estimate of drug-likeness (QED) is 0.338. The summed E-state index contributed by atoms with van der Waals surface area (Å²) in [6.07, 6.45) is 5.48. The maximum atomic E-state index is 11.5. The van der Waals surface area contributed by atoms with E-state index in [9.17, 15) is 4.79 Å². The Morgan fingerprint density at radius 2 is 1.97 bits per heavy atom. The molecule has 5 aromatic rings. The molecule has 1 saturated heterocycles. The third kappa shape index (κ3) is 4.46. The Balaban J connectivity index is 1.22. The molecule has 5 heterocycles. The first kappa shape index (κ1) is 23.7. The minimum absolute atomic E-state index is 0.139. The van der Waals surface area contributed by atoms with Gasteiger partial charge in [0.05, 0.1) is 5.52 Å². The van der Waals surface area contributed by atoms with Gasteiger partial charge in [0.15, 0.2) is 17.3 Å². The van der Waals surface area contributed by atoms with Gasteiger partial charge in [-0.1, -0.05) is 18.2 Å². The third-order valence-electron chi connectivity index (χ3n) is 7.45. The van der Waals surface area contributed by atoms with Crippen LogP contribution in [0.1, 0.15) is 24.1 Å². The molecule has 2 aliphatic rings. The molecule has 0 bridgehead atoms. The highest BCUT2D eigenvalue weighted by Gasteiger charge is 2.20. The highest BCUT2D eigenvalue weighted by molar-refractivity contribution is 5.98. The number of amides is 1. The van der Waals surface area contributed by atoms with Crippen molar-refractivity contribution in [1.29, 1.82) is 0 Å². The summed E-state index contributed by atoms with van der Waals surface area (Å²) in [5, 5.41) is 8.64. The van der Waals surface area contributed by atoms with E-state index in [1.54, 1.807) is 0 Å². The molecule has 2 N–H and O–H groups in total. The van der Waals surface area contributed by atoms with Crippen molar-refractivity contribution in [2.24, 2.45) is 0 Å². The Hall–Kier alpha value is -4.43. The molecule has 8 heteroatoms. The number of rotatable bonds is 6. The van der Waals surface area contributed by atoms with Gasteiger partial charge in [-0.05, 0) is 66.4 Å². The van der Waals surface area contributed by atoms with Gasteiger partial charge in [-0.2, -0.15) is 0 Å². The summed E-state index contributed by atoms with van der Waals surface area (Å²) in [7, 11) is 0. The molecule has 8 nitrogen and oxygen atoms in total. The number of carbonyl (C=O) groups excluding carboxylic acids is 1. The van der Waals surface area contributed by atoms with Crippen LogP contribution in [-0.2, 0) is 11.3 Å². The molecule has 196 valence electrons. The maximum absolute atomic E-state index is 11.5. The molecule has 1 atom stereocenters. The minimum atomic E-state index is 0.139. The number of pyridine rings is 2. The zero-order valence-electron chi connectivity index (χ0n) is 21.7. The van der Waals surface area contributed by atoms with Gasteiger partial charge >= 0.3 is 0 Å². The SMILES string of the molecule is Cc1cc2cc(CNC[C@@H]3CCC(=O)N3)cnc2c(-n2ccc3c(-c4ccc5c(c4)OCCO5)cccc32)n1. The van der Waals surface area contributed by atoms with Crippen LogP contribution in [0.25, 0.3) is 38.8 Å². The van der Waals surface area contributed by atoms with Gasteiger partial charge in [-0.15, -0.1) is 0 Å². The largest absolute Gasteiger partial charge is 0.486 e. The normalized spacial score (nSPS) is 16.6. The predicted molar refractivity (Wildman–Crippen MR) is 150 cm³/mol. The molecule has 2 aromatic carbocycles. The molecule has 1 fully saturated rings. The Labute approximate surface area is 226 Å². The third-order valence-corrected chi connectivity index (χ3v) is 7.45. The number of benzene rings is 2. The number of hydrogen-bond donors (Lipinski definition) is 2. The van der Waals surface area contributed by atoms with Gasteiger partial charge in [0.2, 0.25) is 5.91 Å². The van der Waals surface area contributed by atoms with Crippen molar-refractivity contribution in [3.05, 3.63) is 78.2 Å². The Morgan fingerprint density at radius 1 is 1.08 bits per heavy atom. The van der Waals surface area contributed by atoms with Gasteiger partial charge in [-0.3, -0.25) is 14.3 Å².